The van der Waals surface area contributed by atoms with Gasteiger partial charge in [-0.05, 0) is 34.0 Å². The molecule has 1 unspecified atom stereocenters. The number of hydrogen-bond donors (Lipinski definition) is 0. The molecular weight excluding hydrogens is 355 g/mol. The highest BCUT2D eigenvalue weighted by atomic mass is 79.9. The fourth-order valence-electron chi connectivity index (χ4n) is 2.35. The van der Waals surface area contributed by atoms with Crippen molar-refractivity contribution >= 4 is 49.9 Å². The van der Waals surface area contributed by atoms with Crippen LogP contribution >= 0.6 is 39.1 Å². The molecule has 1 atom stereocenters. The van der Waals surface area contributed by atoms with Gasteiger partial charge in [-0.25, -0.2) is 0 Å². The maximum Gasteiger partial charge on any atom is 0.0855 e. The van der Waals surface area contributed by atoms with Crippen LogP contribution in [0.25, 0.3) is 10.8 Å². The second-order valence-corrected chi connectivity index (χ2v) is 6.26. The van der Waals surface area contributed by atoms with Gasteiger partial charge in [-0.15, -0.1) is 11.6 Å². The summed E-state index contributed by atoms with van der Waals surface area (Å²) >= 11 is 16.5. The molecule has 0 aromatic heterocycles. The van der Waals surface area contributed by atoms with Gasteiger partial charge in [0.15, 0.2) is 0 Å². The molecule has 0 fully saturated rings. The van der Waals surface area contributed by atoms with Gasteiger partial charge in [0.1, 0.15) is 0 Å². The molecule has 0 nitrogen and oxygen atoms in total. The molecular formula is C17H11BrCl2. The number of fused-ring (bicyclic) bond motifs is 1. The van der Waals surface area contributed by atoms with Gasteiger partial charge >= 0.3 is 0 Å². The molecule has 3 aromatic rings. The Balaban J connectivity index is 2.20. The molecule has 0 aliphatic rings. The molecule has 0 saturated carbocycles. The second-order valence-electron chi connectivity index (χ2n) is 4.57. The summed E-state index contributed by atoms with van der Waals surface area (Å²) in [5, 5.41) is 2.73. The number of halogens is 3. The first-order valence-corrected chi connectivity index (χ1v) is 7.85. The molecule has 0 N–H and O–H groups in total. The van der Waals surface area contributed by atoms with Crippen molar-refractivity contribution in [3.05, 3.63) is 81.3 Å². The minimum absolute atomic E-state index is 0.262. The Morgan fingerprint density at radius 2 is 1.40 bits per heavy atom. The van der Waals surface area contributed by atoms with E-state index in [1.54, 1.807) is 0 Å². The van der Waals surface area contributed by atoms with Crippen molar-refractivity contribution in [2.45, 2.75) is 5.38 Å². The topological polar surface area (TPSA) is 0 Å². The van der Waals surface area contributed by atoms with E-state index in [2.05, 4.69) is 28.1 Å². The van der Waals surface area contributed by atoms with Crippen LogP contribution in [0.2, 0.25) is 5.02 Å². The normalized spacial score (nSPS) is 12.6. The second kappa shape index (κ2) is 5.77. The lowest BCUT2D eigenvalue weighted by atomic mass is 9.98. The summed E-state index contributed by atoms with van der Waals surface area (Å²) in [6.07, 6.45) is 0. The minimum Gasteiger partial charge on any atom is -0.113 e. The predicted octanol–water partition coefficient (Wildman–Crippen LogP) is 6.58. The number of hydrogen-bond acceptors (Lipinski definition) is 0. The zero-order valence-corrected chi connectivity index (χ0v) is 13.6. The Morgan fingerprint density at radius 3 is 2.15 bits per heavy atom. The van der Waals surface area contributed by atoms with E-state index in [0.717, 1.165) is 26.4 Å². The first-order chi connectivity index (χ1) is 9.68. The van der Waals surface area contributed by atoms with Gasteiger partial charge in [-0.3, -0.25) is 0 Å². The van der Waals surface area contributed by atoms with Crippen LogP contribution in [-0.2, 0) is 0 Å². The third kappa shape index (κ3) is 2.46. The summed E-state index contributed by atoms with van der Waals surface area (Å²) in [4.78, 5) is 0. The van der Waals surface area contributed by atoms with Gasteiger partial charge in [0.25, 0.3) is 0 Å². The molecule has 3 heteroatoms. The molecule has 0 amide bonds. The lowest BCUT2D eigenvalue weighted by molar-refractivity contribution is 1.16. The zero-order valence-electron chi connectivity index (χ0n) is 10.5. The molecule has 0 heterocycles. The molecule has 0 aliphatic heterocycles. The van der Waals surface area contributed by atoms with E-state index in [1.807, 2.05) is 48.5 Å². The molecule has 0 spiro atoms. The van der Waals surface area contributed by atoms with E-state index >= 15 is 0 Å². The van der Waals surface area contributed by atoms with E-state index in [0.29, 0.717) is 5.02 Å². The third-order valence-corrected chi connectivity index (χ3v) is 4.86. The summed E-state index contributed by atoms with van der Waals surface area (Å²) in [6.45, 7) is 0. The first-order valence-electron chi connectivity index (χ1n) is 6.24. The average Bonchev–Trinajstić information content (AvgIpc) is 2.48. The minimum atomic E-state index is -0.262. The lowest BCUT2D eigenvalue weighted by Gasteiger charge is -2.15. The van der Waals surface area contributed by atoms with Crippen molar-refractivity contribution in [1.29, 1.82) is 0 Å². The van der Waals surface area contributed by atoms with Crippen LogP contribution in [0.15, 0.2) is 65.1 Å². The standard InChI is InChI=1S/C17H11BrCl2/c18-15-10-9-13(11-5-1-2-6-12(11)15)17(20)14-7-3-4-8-16(14)19/h1-10,17H. The highest BCUT2D eigenvalue weighted by Gasteiger charge is 2.16. The van der Waals surface area contributed by atoms with Crippen LogP contribution in [0, 0.1) is 0 Å². The van der Waals surface area contributed by atoms with Crippen molar-refractivity contribution in [2.75, 3.05) is 0 Å². The zero-order chi connectivity index (χ0) is 14.1. The van der Waals surface area contributed by atoms with Crippen molar-refractivity contribution < 1.29 is 0 Å². The number of rotatable bonds is 2. The molecule has 3 rings (SSSR count). The molecule has 3 aromatic carbocycles. The van der Waals surface area contributed by atoms with Crippen LogP contribution in [0.3, 0.4) is 0 Å². The van der Waals surface area contributed by atoms with E-state index in [9.17, 15) is 0 Å². The quantitative estimate of drug-likeness (QED) is 0.449. The average molecular weight is 366 g/mol. The molecule has 0 aliphatic carbocycles. The maximum absolute atomic E-state index is 6.67. The van der Waals surface area contributed by atoms with Crippen LogP contribution in [0.1, 0.15) is 16.5 Å². The lowest BCUT2D eigenvalue weighted by Crippen LogP contribution is -1.96. The summed E-state index contributed by atoms with van der Waals surface area (Å²) in [5.41, 5.74) is 2.00. The molecule has 0 radical (unpaired) electrons. The maximum atomic E-state index is 6.67. The van der Waals surface area contributed by atoms with E-state index in [-0.39, 0.29) is 5.38 Å². The largest absolute Gasteiger partial charge is 0.113 e. The van der Waals surface area contributed by atoms with Crippen LogP contribution in [0.4, 0.5) is 0 Å². The smallest absolute Gasteiger partial charge is 0.0855 e. The number of benzene rings is 3. The highest BCUT2D eigenvalue weighted by molar-refractivity contribution is 9.10. The fourth-order valence-corrected chi connectivity index (χ4v) is 3.51. The monoisotopic (exact) mass is 364 g/mol. The highest BCUT2D eigenvalue weighted by Crippen LogP contribution is 2.38. The third-order valence-electron chi connectivity index (χ3n) is 3.36. The molecule has 0 saturated heterocycles. The van der Waals surface area contributed by atoms with Crippen molar-refractivity contribution in [3.63, 3.8) is 0 Å². The SMILES string of the molecule is Clc1ccccc1C(Cl)c1ccc(Br)c2ccccc12. The Hall–Kier alpha value is -1.02. The first kappa shape index (κ1) is 13.9. The van der Waals surface area contributed by atoms with E-state index in [4.69, 9.17) is 23.2 Å². The van der Waals surface area contributed by atoms with Gasteiger partial charge in [-0.2, -0.15) is 0 Å². The fraction of sp³-hybridized carbons (Fsp3) is 0.0588. The molecule has 0 bridgehead atoms. The van der Waals surface area contributed by atoms with Crippen LogP contribution in [-0.4, -0.2) is 0 Å². The Bertz CT molecular complexity index is 768. The van der Waals surface area contributed by atoms with Gasteiger partial charge in [0, 0.05) is 9.50 Å². The molecule has 100 valence electrons. The number of alkyl halides is 1. The van der Waals surface area contributed by atoms with Gasteiger partial charge in [0.2, 0.25) is 0 Å². The Kier molecular flexibility index (Phi) is 4.02. The van der Waals surface area contributed by atoms with Gasteiger partial charge in [0.05, 0.1) is 5.38 Å². The van der Waals surface area contributed by atoms with Crippen LogP contribution in [0.5, 0.6) is 0 Å². The van der Waals surface area contributed by atoms with Crippen molar-refractivity contribution in [3.8, 4) is 0 Å². The van der Waals surface area contributed by atoms with Crippen molar-refractivity contribution in [2.24, 2.45) is 0 Å². The Morgan fingerprint density at radius 1 is 0.750 bits per heavy atom. The van der Waals surface area contributed by atoms with E-state index in [1.165, 1.54) is 0 Å². The summed E-state index contributed by atoms with van der Waals surface area (Å²) < 4.78 is 1.07. The van der Waals surface area contributed by atoms with Gasteiger partial charge in [-0.1, -0.05) is 76.1 Å². The molecule has 20 heavy (non-hydrogen) atoms. The predicted molar refractivity (Wildman–Crippen MR) is 90.8 cm³/mol. The Labute approximate surface area is 136 Å². The van der Waals surface area contributed by atoms with Gasteiger partial charge < -0.3 is 0 Å². The summed E-state index contributed by atoms with van der Waals surface area (Å²) in [7, 11) is 0. The summed E-state index contributed by atoms with van der Waals surface area (Å²) in [6, 6.07) is 20.0. The van der Waals surface area contributed by atoms with Crippen LogP contribution < -0.4 is 0 Å². The van der Waals surface area contributed by atoms with E-state index < -0.39 is 0 Å². The summed E-state index contributed by atoms with van der Waals surface area (Å²) in [5.74, 6) is 0. The van der Waals surface area contributed by atoms with Crippen molar-refractivity contribution in [1.82, 2.24) is 0 Å².